The van der Waals surface area contributed by atoms with Gasteiger partial charge in [-0.3, -0.25) is 4.99 Å². The molecule has 0 aromatic heterocycles. The van der Waals surface area contributed by atoms with E-state index in [0.29, 0.717) is 5.57 Å². The average molecular weight is 181 g/mol. The Morgan fingerprint density at radius 3 is 2.69 bits per heavy atom. The van der Waals surface area contributed by atoms with Crippen molar-refractivity contribution < 1.29 is 9.53 Å². The molecule has 1 aliphatic heterocycles. The lowest BCUT2D eigenvalue weighted by Gasteiger charge is -2.20. The highest BCUT2D eigenvalue weighted by atomic mass is 16.6. The van der Waals surface area contributed by atoms with E-state index in [9.17, 15) is 4.79 Å². The Morgan fingerprint density at radius 2 is 2.23 bits per heavy atom. The molecule has 0 saturated heterocycles. The first-order valence-electron chi connectivity index (χ1n) is 4.43. The van der Waals surface area contributed by atoms with E-state index in [1.807, 2.05) is 20.8 Å². The van der Waals surface area contributed by atoms with Gasteiger partial charge in [-0.2, -0.15) is 0 Å². The van der Waals surface area contributed by atoms with Gasteiger partial charge in [-0.1, -0.05) is 0 Å². The van der Waals surface area contributed by atoms with Crippen molar-refractivity contribution in [2.24, 2.45) is 4.99 Å². The van der Waals surface area contributed by atoms with Crippen molar-refractivity contribution in [2.45, 2.75) is 39.2 Å². The van der Waals surface area contributed by atoms with E-state index in [4.69, 9.17) is 4.74 Å². The van der Waals surface area contributed by atoms with E-state index in [1.54, 1.807) is 12.4 Å². The molecule has 0 spiro atoms. The molecule has 0 unspecified atom stereocenters. The fourth-order valence-electron chi connectivity index (χ4n) is 1.00. The Morgan fingerprint density at radius 1 is 1.54 bits per heavy atom. The van der Waals surface area contributed by atoms with Crippen molar-refractivity contribution in [1.29, 1.82) is 0 Å². The molecule has 0 amide bonds. The number of hydrogen-bond donors (Lipinski definition) is 0. The van der Waals surface area contributed by atoms with Crippen LogP contribution in [-0.4, -0.2) is 17.8 Å². The van der Waals surface area contributed by atoms with Crippen LogP contribution in [0.2, 0.25) is 0 Å². The second kappa shape index (κ2) is 3.73. The summed E-state index contributed by atoms with van der Waals surface area (Å²) in [6.07, 6.45) is 4.94. The maximum Gasteiger partial charge on any atom is 0.336 e. The Balaban J connectivity index is 2.58. The maximum absolute atomic E-state index is 11.4. The number of esters is 1. The van der Waals surface area contributed by atoms with Gasteiger partial charge in [0.1, 0.15) is 5.60 Å². The monoisotopic (exact) mass is 181 g/mol. The van der Waals surface area contributed by atoms with Gasteiger partial charge in [-0.15, -0.1) is 0 Å². The number of ether oxygens (including phenoxy) is 1. The lowest BCUT2D eigenvalue weighted by atomic mass is 10.1. The van der Waals surface area contributed by atoms with Crippen LogP contribution in [0.15, 0.2) is 16.8 Å². The van der Waals surface area contributed by atoms with Gasteiger partial charge in [0, 0.05) is 12.4 Å². The second-order valence-corrected chi connectivity index (χ2v) is 4.03. The Bertz CT molecular complexity index is 259. The molecule has 72 valence electrons. The van der Waals surface area contributed by atoms with Crippen molar-refractivity contribution in [3.05, 3.63) is 11.8 Å². The molecule has 0 saturated carbocycles. The normalized spacial score (nSPS) is 16.7. The van der Waals surface area contributed by atoms with Gasteiger partial charge in [-0.25, -0.2) is 4.79 Å². The fraction of sp³-hybridized carbons (Fsp3) is 0.600. The zero-order valence-corrected chi connectivity index (χ0v) is 8.33. The van der Waals surface area contributed by atoms with E-state index in [1.165, 1.54) is 0 Å². The lowest BCUT2D eigenvalue weighted by molar-refractivity contribution is -0.150. The van der Waals surface area contributed by atoms with Crippen LogP contribution >= 0.6 is 0 Å². The molecule has 13 heavy (non-hydrogen) atoms. The van der Waals surface area contributed by atoms with Gasteiger partial charge < -0.3 is 4.74 Å². The van der Waals surface area contributed by atoms with Crippen molar-refractivity contribution in [2.75, 3.05) is 0 Å². The Labute approximate surface area is 78.5 Å². The molecule has 1 aliphatic rings. The number of carbonyl (C=O) groups excluding carboxylic acids is 1. The third-order valence-electron chi connectivity index (χ3n) is 1.54. The molecule has 0 bridgehead atoms. The largest absolute Gasteiger partial charge is 0.457 e. The van der Waals surface area contributed by atoms with Crippen molar-refractivity contribution in [1.82, 2.24) is 0 Å². The number of hydrogen-bond acceptors (Lipinski definition) is 3. The van der Waals surface area contributed by atoms with Crippen LogP contribution in [0, 0.1) is 0 Å². The number of nitrogens with zero attached hydrogens (tertiary/aromatic N) is 1. The standard InChI is InChI=1S/C10H15NO2/c1-10(2,3)13-9(12)8-5-4-6-11-7-8/h6-7H,4-5H2,1-3H3. The summed E-state index contributed by atoms with van der Waals surface area (Å²) in [7, 11) is 0. The highest BCUT2D eigenvalue weighted by Crippen LogP contribution is 2.15. The maximum atomic E-state index is 11.4. The van der Waals surface area contributed by atoms with E-state index in [0.717, 1.165) is 12.8 Å². The van der Waals surface area contributed by atoms with Crippen molar-refractivity contribution in [3.63, 3.8) is 0 Å². The Hall–Kier alpha value is -1.12. The molecule has 0 N–H and O–H groups in total. The summed E-state index contributed by atoms with van der Waals surface area (Å²) >= 11 is 0. The van der Waals surface area contributed by atoms with Crippen molar-refractivity contribution in [3.8, 4) is 0 Å². The van der Waals surface area contributed by atoms with Crippen LogP contribution < -0.4 is 0 Å². The summed E-state index contributed by atoms with van der Waals surface area (Å²) in [6, 6.07) is 0. The lowest BCUT2D eigenvalue weighted by Crippen LogP contribution is -2.25. The van der Waals surface area contributed by atoms with E-state index < -0.39 is 5.60 Å². The first-order valence-corrected chi connectivity index (χ1v) is 4.43. The minimum Gasteiger partial charge on any atom is -0.457 e. The molecule has 0 radical (unpaired) electrons. The highest BCUT2D eigenvalue weighted by Gasteiger charge is 2.19. The molecule has 0 fully saturated rings. The zero-order chi connectivity index (χ0) is 9.90. The summed E-state index contributed by atoms with van der Waals surface area (Å²) in [5, 5.41) is 0. The van der Waals surface area contributed by atoms with Gasteiger partial charge >= 0.3 is 5.97 Å². The van der Waals surface area contributed by atoms with Crippen LogP contribution in [0.4, 0.5) is 0 Å². The molecule has 1 rings (SSSR count). The number of aliphatic imine (C=N–C) groups is 1. The SMILES string of the molecule is CC(C)(C)OC(=O)C1=CN=CCC1. The highest BCUT2D eigenvalue weighted by molar-refractivity contribution is 5.90. The summed E-state index contributed by atoms with van der Waals surface area (Å²) in [5.74, 6) is -0.246. The van der Waals surface area contributed by atoms with E-state index in [-0.39, 0.29) is 5.97 Å². The number of carbonyl (C=O) groups is 1. The molecule has 3 heteroatoms. The average Bonchev–Trinajstić information content (AvgIpc) is 2.03. The third-order valence-corrected chi connectivity index (χ3v) is 1.54. The number of rotatable bonds is 1. The van der Waals surface area contributed by atoms with E-state index >= 15 is 0 Å². The van der Waals surface area contributed by atoms with Gasteiger partial charge in [0.05, 0.1) is 5.57 Å². The minimum absolute atomic E-state index is 0.246. The quantitative estimate of drug-likeness (QED) is 0.581. The predicted octanol–water partition coefficient (Wildman–Crippen LogP) is 2.08. The summed E-state index contributed by atoms with van der Waals surface area (Å²) in [5.41, 5.74) is 0.247. The molecular weight excluding hydrogens is 166 g/mol. The molecule has 1 heterocycles. The Kier molecular flexibility index (Phi) is 2.86. The summed E-state index contributed by atoms with van der Waals surface area (Å²) in [6.45, 7) is 5.58. The van der Waals surface area contributed by atoms with Crippen LogP contribution in [0.3, 0.4) is 0 Å². The zero-order valence-electron chi connectivity index (χ0n) is 8.33. The third kappa shape index (κ3) is 3.40. The molecule has 0 atom stereocenters. The van der Waals surface area contributed by atoms with Gasteiger partial charge in [0.15, 0.2) is 0 Å². The second-order valence-electron chi connectivity index (χ2n) is 4.03. The molecule has 0 aliphatic carbocycles. The molecule has 3 nitrogen and oxygen atoms in total. The van der Waals surface area contributed by atoms with Crippen LogP contribution in [0.5, 0.6) is 0 Å². The molecule has 0 aromatic carbocycles. The fourth-order valence-corrected chi connectivity index (χ4v) is 1.00. The van der Waals surface area contributed by atoms with Crippen LogP contribution in [0.1, 0.15) is 33.6 Å². The van der Waals surface area contributed by atoms with Gasteiger partial charge in [-0.05, 0) is 33.6 Å². The van der Waals surface area contributed by atoms with Crippen LogP contribution in [0.25, 0.3) is 0 Å². The smallest absolute Gasteiger partial charge is 0.336 e. The van der Waals surface area contributed by atoms with Gasteiger partial charge in [0.25, 0.3) is 0 Å². The molecule has 0 aromatic rings. The van der Waals surface area contributed by atoms with E-state index in [2.05, 4.69) is 4.99 Å². The first-order chi connectivity index (χ1) is 5.99. The van der Waals surface area contributed by atoms with Gasteiger partial charge in [0.2, 0.25) is 0 Å². The topological polar surface area (TPSA) is 38.7 Å². The van der Waals surface area contributed by atoms with Crippen molar-refractivity contribution >= 4 is 12.2 Å². The summed E-state index contributed by atoms with van der Waals surface area (Å²) in [4.78, 5) is 15.4. The van der Waals surface area contributed by atoms with Crippen LogP contribution in [-0.2, 0) is 9.53 Å². The summed E-state index contributed by atoms with van der Waals surface area (Å²) < 4.78 is 5.20. The predicted molar refractivity (Wildman–Crippen MR) is 51.7 cm³/mol. The molecular formula is C10H15NO2. The first kappa shape index (κ1) is 9.96. The minimum atomic E-state index is -0.418.